The summed E-state index contributed by atoms with van der Waals surface area (Å²) in [5.74, 6) is -1.78. The summed E-state index contributed by atoms with van der Waals surface area (Å²) in [4.78, 5) is 22.4. The van der Waals surface area contributed by atoms with E-state index >= 15 is 0 Å². The van der Waals surface area contributed by atoms with Gasteiger partial charge in [0.2, 0.25) is 5.91 Å². The van der Waals surface area contributed by atoms with Crippen molar-refractivity contribution in [3.05, 3.63) is 22.8 Å². The molecule has 2 amide bonds. The molecule has 19 heavy (non-hydrogen) atoms. The van der Waals surface area contributed by atoms with Gasteiger partial charge in [-0.15, -0.1) is 0 Å². The fourth-order valence-corrected chi connectivity index (χ4v) is 2.79. The van der Waals surface area contributed by atoms with E-state index in [4.69, 9.17) is 17.2 Å². The Morgan fingerprint density at radius 1 is 1.21 bits per heavy atom. The third kappa shape index (κ3) is 2.68. The minimum atomic E-state index is -3.75. The van der Waals surface area contributed by atoms with Gasteiger partial charge in [0.15, 0.2) is 9.84 Å². The third-order valence-electron chi connectivity index (χ3n) is 2.70. The van der Waals surface area contributed by atoms with E-state index in [-0.39, 0.29) is 33.7 Å². The molecule has 0 atom stereocenters. The quantitative estimate of drug-likeness (QED) is 0.634. The zero-order valence-corrected chi connectivity index (χ0v) is 11.4. The summed E-state index contributed by atoms with van der Waals surface area (Å²) in [5.41, 5.74) is 16.0. The Kier molecular flexibility index (Phi) is 3.85. The Bertz CT molecular complexity index is 665. The Morgan fingerprint density at radius 2 is 1.74 bits per heavy atom. The van der Waals surface area contributed by atoms with Crippen LogP contribution in [0.15, 0.2) is 11.0 Å². The molecule has 0 aromatic heterocycles. The van der Waals surface area contributed by atoms with Crippen LogP contribution in [0, 0.1) is 0 Å². The molecule has 6 N–H and O–H groups in total. The summed E-state index contributed by atoms with van der Waals surface area (Å²) in [6, 6.07) is 0.992. The maximum absolute atomic E-state index is 11.7. The normalized spacial score (nSPS) is 11.3. The number of sulfone groups is 1. The number of hydrogen-bond donors (Lipinski definition) is 3. The van der Waals surface area contributed by atoms with Crippen LogP contribution in [0.4, 0.5) is 5.69 Å². The predicted molar refractivity (Wildman–Crippen MR) is 70.4 cm³/mol. The topological polar surface area (TPSA) is 146 Å². The average molecular weight is 285 g/mol. The van der Waals surface area contributed by atoms with E-state index in [0.717, 1.165) is 12.3 Å². The first-order valence-electron chi connectivity index (χ1n) is 5.36. The third-order valence-corrected chi connectivity index (χ3v) is 3.82. The van der Waals surface area contributed by atoms with E-state index in [1.54, 1.807) is 6.92 Å². The van der Waals surface area contributed by atoms with Crippen LogP contribution in [-0.4, -0.2) is 26.5 Å². The van der Waals surface area contributed by atoms with E-state index in [0.29, 0.717) is 0 Å². The number of benzene rings is 1. The smallest absolute Gasteiger partial charge is 0.250 e. The number of nitrogens with two attached hydrogens (primary N) is 3. The van der Waals surface area contributed by atoms with Crippen LogP contribution in [-0.2, 0) is 16.3 Å². The monoisotopic (exact) mass is 285 g/mol. The van der Waals surface area contributed by atoms with E-state index in [9.17, 15) is 18.0 Å². The van der Waals surface area contributed by atoms with Crippen molar-refractivity contribution in [2.75, 3.05) is 12.0 Å². The number of carbonyl (C=O) groups is 2. The zero-order valence-electron chi connectivity index (χ0n) is 10.6. The fourth-order valence-electron chi connectivity index (χ4n) is 1.86. The largest absolute Gasteiger partial charge is 0.398 e. The number of nitrogen functional groups attached to an aromatic ring is 1. The summed E-state index contributed by atoms with van der Waals surface area (Å²) in [5, 5.41) is 0. The summed E-state index contributed by atoms with van der Waals surface area (Å²) >= 11 is 0. The standard InChI is InChI=1S/C11H15N3O4S/c1-3-5-8(11(14)16)7(19(2,17)18)4-6(9(5)12)10(13)15/h4H,3,12H2,1-2H3,(H2,13,15)(H2,14,16). The fraction of sp³-hybridized carbons (Fsp3) is 0.273. The predicted octanol–water partition coefficient (Wildman–Crippen LogP) is -0.567. The highest BCUT2D eigenvalue weighted by atomic mass is 32.2. The van der Waals surface area contributed by atoms with Crippen molar-refractivity contribution in [1.29, 1.82) is 0 Å². The molecule has 1 aromatic carbocycles. The molecule has 0 saturated heterocycles. The van der Waals surface area contributed by atoms with Gasteiger partial charge in [0.25, 0.3) is 5.91 Å². The van der Waals surface area contributed by atoms with E-state index in [1.165, 1.54) is 0 Å². The summed E-state index contributed by atoms with van der Waals surface area (Å²) in [6.45, 7) is 1.66. The van der Waals surface area contributed by atoms with Gasteiger partial charge in [-0.25, -0.2) is 8.42 Å². The molecule has 0 aliphatic heterocycles. The lowest BCUT2D eigenvalue weighted by atomic mass is 9.98. The second-order valence-corrected chi connectivity index (χ2v) is 6.03. The Balaban J connectivity index is 3.96. The second-order valence-electron chi connectivity index (χ2n) is 4.04. The van der Waals surface area contributed by atoms with Gasteiger partial charge in [0.1, 0.15) is 0 Å². The first-order valence-corrected chi connectivity index (χ1v) is 7.25. The van der Waals surface area contributed by atoms with Crippen LogP contribution in [0.1, 0.15) is 33.2 Å². The maximum Gasteiger partial charge on any atom is 0.250 e. The number of hydrogen-bond acceptors (Lipinski definition) is 5. The molecule has 104 valence electrons. The number of carbonyl (C=O) groups excluding carboxylic acids is 2. The lowest BCUT2D eigenvalue weighted by Crippen LogP contribution is -2.23. The van der Waals surface area contributed by atoms with Gasteiger partial charge in [-0.05, 0) is 18.1 Å². The van der Waals surface area contributed by atoms with E-state index < -0.39 is 21.7 Å². The average Bonchev–Trinajstić information content (AvgIpc) is 2.25. The Morgan fingerprint density at radius 3 is 2.05 bits per heavy atom. The van der Waals surface area contributed by atoms with Gasteiger partial charge in [-0.2, -0.15) is 0 Å². The van der Waals surface area contributed by atoms with Gasteiger partial charge in [-0.3, -0.25) is 9.59 Å². The minimum absolute atomic E-state index is 0.0174. The molecule has 0 radical (unpaired) electrons. The molecule has 0 heterocycles. The maximum atomic E-state index is 11.7. The molecule has 0 aliphatic rings. The van der Waals surface area contributed by atoms with Gasteiger partial charge >= 0.3 is 0 Å². The van der Waals surface area contributed by atoms with Crippen molar-refractivity contribution in [2.45, 2.75) is 18.2 Å². The first-order chi connectivity index (χ1) is 8.61. The SMILES string of the molecule is CCc1c(N)c(C(N)=O)cc(S(C)(=O)=O)c1C(N)=O. The molecular formula is C11H15N3O4S. The highest BCUT2D eigenvalue weighted by Crippen LogP contribution is 2.29. The lowest BCUT2D eigenvalue weighted by molar-refractivity contribution is 0.0985. The van der Waals surface area contributed by atoms with Crippen molar-refractivity contribution in [3.63, 3.8) is 0 Å². The number of primary amides is 2. The number of rotatable bonds is 4. The van der Waals surface area contributed by atoms with Crippen molar-refractivity contribution in [2.24, 2.45) is 11.5 Å². The van der Waals surface area contributed by atoms with Gasteiger partial charge < -0.3 is 17.2 Å². The van der Waals surface area contributed by atoms with Crippen molar-refractivity contribution in [3.8, 4) is 0 Å². The molecular weight excluding hydrogens is 270 g/mol. The first kappa shape index (κ1) is 15.0. The highest BCUT2D eigenvalue weighted by molar-refractivity contribution is 7.90. The lowest BCUT2D eigenvalue weighted by Gasteiger charge is -2.15. The molecule has 0 unspecified atom stereocenters. The van der Waals surface area contributed by atoms with Gasteiger partial charge in [0, 0.05) is 11.9 Å². The van der Waals surface area contributed by atoms with Crippen LogP contribution in [0.25, 0.3) is 0 Å². The number of amides is 2. The van der Waals surface area contributed by atoms with Crippen LogP contribution >= 0.6 is 0 Å². The molecule has 0 bridgehead atoms. The zero-order chi connectivity index (χ0) is 15.0. The summed E-state index contributed by atoms with van der Waals surface area (Å²) < 4.78 is 23.4. The van der Waals surface area contributed by atoms with Crippen molar-refractivity contribution >= 4 is 27.3 Å². The van der Waals surface area contributed by atoms with E-state index in [1.807, 2.05) is 0 Å². The minimum Gasteiger partial charge on any atom is -0.398 e. The Labute approximate surface area is 110 Å². The molecule has 0 spiro atoms. The van der Waals surface area contributed by atoms with Crippen LogP contribution < -0.4 is 17.2 Å². The van der Waals surface area contributed by atoms with Crippen LogP contribution in [0.3, 0.4) is 0 Å². The van der Waals surface area contributed by atoms with Crippen molar-refractivity contribution < 1.29 is 18.0 Å². The molecule has 8 heteroatoms. The van der Waals surface area contributed by atoms with Gasteiger partial charge in [0.05, 0.1) is 16.0 Å². The van der Waals surface area contributed by atoms with Gasteiger partial charge in [-0.1, -0.05) is 6.92 Å². The summed E-state index contributed by atoms with van der Waals surface area (Å²) in [6.07, 6.45) is 1.16. The molecule has 0 saturated carbocycles. The highest BCUT2D eigenvalue weighted by Gasteiger charge is 2.25. The molecule has 1 rings (SSSR count). The van der Waals surface area contributed by atoms with Crippen molar-refractivity contribution in [1.82, 2.24) is 0 Å². The molecule has 0 aliphatic carbocycles. The molecule has 0 fully saturated rings. The second kappa shape index (κ2) is 4.88. The Hall–Kier alpha value is -2.09. The number of anilines is 1. The molecule has 7 nitrogen and oxygen atoms in total. The van der Waals surface area contributed by atoms with Crippen LogP contribution in [0.2, 0.25) is 0 Å². The van der Waals surface area contributed by atoms with E-state index in [2.05, 4.69) is 0 Å². The summed E-state index contributed by atoms with van der Waals surface area (Å²) in [7, 11) is -3.75. The van der Waals surface area contributed by atoms with Crippen LogP contribution in [0.5, 0.6) is 0 Å². The molecule has 1 aromatic rings.